The van der Waals surface area contributed by atoms with E-state index in [1.807, 2.05) is 6.92 Å². The summed E-state index contributed by atoms with van der Waals surface area (Å²) in [7, 11) is 0. The normalized spacial score (nSPS) is 21.9. The highest BCUT2D eigenvalue weighted by molar-refractivity contribution is 5.98. The average molecular weight is 315 g/mol. The lowest BCUT2D eigenvalue weighted by Gasteiger charge is -2.27. The van der Waals surface area contributed by atoms with Gasteiger partial charge in [0.2, 0.25) is 5.91 Å². The third kappa shape index (κ3) is 3.41. The van der Waals surface area contributed by atoms with Gasteiger partial charge in [0.15, 0.2) is 0 Å². The summed E-state index contributed by atoms with van der Waals surface area (Å²) in [4.78, 5) is 12.4. The summed E-state index contributed by atoms with van der Waals surface area (Å²) in [6.07, 6.45) is -2.34. The van der Waals surface area contributed by atoms with Gasteiger partial charge in [-0.05, 0) is 49.6 Å². The second-order valence-electron chi connectivity index (χ2n) is 5.54. The molecule has 0 bridgehead atoms. The van der Waals surface area contributed by atoms with Gasteiger partial charge in [-0.3, -0.25) is 4.79 Å². The Hall–Kier alpha value is -1.60. The van der Waals surface area contributed by atoms with Crippen LogP contribution in [0.25, 0.3) is 0 Å². The molecule has 4 nitrogen and oxygen atoms in total. The van der Waals surface area contributed by atoms with E-state index in [1.165, 1.54) is 6.07 Å². The zero-order valence-corrected chi connectivity index (χ0v) is 12.4. The molecule has 1 unspecified atom stereocenters. The number of rotatable bonds is 4. The van der Waals surface area contributed by atoms with Crippen molar-refractivity contribution in [2.75, 3.05) is 11.9 Å². The van der Waals surface area contributed by atoms with E-state index in [0.29, 0.717) is 18.4 Å². The van der Waals surface area contributed by atoms with Crippen LogP contribution in [0, 0.1) is 0 Å². The van der Waals surface area contributed by atoms with Crippen molar-refractivity contribution in [2.24, 2.45) is 5.73 Å². The number of carbonyl (C=O) groups is 1. The van der Waals surface area contributed by atoms with E-state index >= 15 is 0 Å². The molecule has 1 atom stereocenters. The van der Waals surface area contributed by atoms with Gasteiger partial charge in [-0.2, -0.15) is 13.2 Å². The van der Waals surface area contributed by atoms with Crippen molar-refractivity contribution in [3.63, 3.8) is 0 Å². The van der Waals surface area contributed by atoms with E-state index in [4.69, 9.17) is 5.73 Å². The lowest BCUT2D eigenvalue weighted by molar-refractivity contribution is -0.137. The summed E-state index contributed by atoms with van der Waals surface area (Å²) in [6.45, 7) is 2.59. The first kappa shape index (κ1) is 16.8. The molecule has 7 heteroatoms. The van der Waals surface area contributed by atoms with Crippen molar-refractivity contribution in [3.8, 4) is 0 Å². The molecule has 1 aliphatic rings. The zero-order valence-electron chi connectivity index (χ0n) is 12.4. The minimum absolute atomic E-state index is 0.0238. The maximum atomic E-state index is 12.9. The van der Waals surface area contributed by atoms with Crippen LogP contribution < -0.4 is 16.4 Å². The van der Waals surface area contributed by atoms with Crippen molar-refractivity contribution in [1.29, 1.82) is 0 Å². The monoisotopic (exact) mass is 315 g/mol. The molecular weight excluding hydrogens is 295 g/mol. The molecule has 1 aromatic carbocycles. The fourth-order valence-electron chi connectivity index (χ4n) is 2.76. The van der Waals surface area contributed by atoms with Crippen molar-refractivity contribution in [1.82, 2.24) is 5.32 Å². The maximum Gasteiger partial charge on any atom is 0.416 e. The van der Waals surface area contributed by atoms with Gasteiger partial charge in [-0.1, -0.05) is 6.92 Å². The van der Waals surface area contributed by atoms with Crippen molar-refractivity contribution >= 4 is 11.6 Å². The van der Waals surface area contributed by atoms with Crippen LogP contribution >= 0.6 is 0 Å². The number of halogens is 3. The Bertz CT molecular complexity index is 551. The molecule has 0 aliphatic carbocycles. The predicted octanol–water partition coefficient (Wildman–Crippen LogP) is 2.63. The number of alkyl halides is 3. The number of hydrogen-bond acceptors (Lipinski definition) is 3. The largest absolute Gasteiger partial charge is 0.416 e. The first-order valence-corrected chi connectivity index (χ1v) is 7.28. The van der Waals surface area contributed by atoms with E-state index in [0.717, 1.165) is 25.1 Å². The van der Waals surface area contributed by atoms with Gasteiger partial charge in [-0.15, -0.1) is 0 Å². The van der Waals surface area contributed by atoms with Gasteiger partial charge in [0, 0.05) is 12.2 Å². The van der Waals surface area contributed by atoms with E-state index in [9.17, 15) is 18.0 Å². The SMILES string of the molecule is CCC1(C(=O)Nc2cc(CN)cc(C(F)(F)F)c2)CCCN1. The van der Waals surface area contributed by atoms with Gasteiger partial charge in [0.1, 0.15) is 0 Å². The quantitative estimate of drug-likeness (QED) is 0.800. The number of carbonyl (C=O) groups excluding carboxylic acids is 1. The Morgan fingerprint density at radius 3 is 2.64 bits per heavy atom. The first-order valence-electron chi connectivity index (χ1n) is 7.28. The summed E-state index contributed by atoms with van der Waals surface area (Å²) in [5, 5.41) is 5.76. The molecule has 1 heterocycles. The molecule has 22 heavy (non-hydrogen) atoms. The van der Waals surface area contributed by atoms with Crippen molar-refractivity contribution in [2.45, 2.75) is 44.4 Å². The van der Waals surface area contributed by atoms with Gasteiger partial charge < -0.3 is 16.4 Å². The second-order valence-corrected chi connectivity index (χ2v) is 5.54. The number of anilines is 1. The van der Waals surface area contributed by atoms with E-state index in [1.54, 1.807) is 0 Å². The first-order chi connectivity index (χ1) is 10.3. The molecule has 1 saturated heterocycles. The van der Waals surface area contributed by atoms with Crippen molar-refractivity contribution in [3.05, 3.63) is 29.3 Å². The maximum absolute atomic E-state index is 12.9. The molecule has 1 aliphatic heterocycles. The van der Waals surface area contributed by atoms with Gasteiger partial charge in [0.05, 0.1) is 11.1 Å². The van der Waals surface area contributed by atoms with Gasteiger partial charge in [0.25, 0.3) is 0 Å². The van der Waals surface area contributed by atoms with Crippen LogP contribution in [0.4, 0.5) is 18.9 Å². The minimum Gasteiger partial charge on any atom is -0.326 e. The predicted molar refractivity (Wildman–Crippen MR) is 78.2 cm³/mol. The van der Waals surface area contributed by atoms with Crippen LogP contribution in [-0.4, -0.2) is 18.0 Å². The topological polar surface area (TPSA) is 67.2 Å². The average Bonchev–Trinajstić information content (AvgIpc) is 2.96. The third-order valence-corrected chi connectivity index (χ3v) is 4.10. The van der Waals surface area contributed by atoms with Gasteiger partial charge >= 0.3 is 6.18 Å². The minimum atomic E-state index is -4.47. The summed E-state index contributed by atoms with van der Waals surface area (Å²) < 4.78 is 38.7. The molecule has 0 radical (unpaired) electrons. The Morgan fingerprint density at radius 1 is 1.41 bits per heavy atom. The Morgan fingerprint density at radius 2 is 2.14 bits per heavy atom. The number of benzene rings is 1. The fourth-order valence-corrected chi connectivity index (χ4v) is 2.76. The second kappa shape index (κ2) is 6.26. The molecule has 0 aromatic heterocycles. The lowest BCUT2D eigenvalue weighted by Crippen LogP contribution is -2.50. The number of nitrogens with one attached hydrogen (secondary N) is 2. The fraction of sp³-hybridized carbons (Fsp3) is 0.533. The smallest absolute Gasteiger partial charge is 0.326 e. The summed E-state index contributed by atoms with van der Waals surface area (Å²) in [5.74, 6) is -0.296. The number of hydrogen-bond donors (Lipinski definition) is 3. The molecule has 1 fully saturated rings. The molecule has 1 amide bonds. The molecule has 0 saturated carbocycles. The molecule has 0 spiro atoms. The van der Waals surface area contributed by atoms with Crippen LogP contribution in [-0.2, 0) is 17.5 Å². The van der Waals surface area contributed by atoms with Crippen LogP contribution in [0.2, 0.25) is 0 Å². The molecular formula is C15H20F3N3O. The van der Waals surface area contributed by atoms with Crippen LogP contribution in [0.5, 0.6) is 0 Å². The Labute approximate surface area is 127 Å². The highest BCUT2D eigenvalue weighted by Crippen LogP contribution is 2.32. The van der Waals surface area contributed by atoms with Gasteiger partial charge in [-0.25, -0.2) is 0 Å². The Balaban J connectivity index is 2.27. The highest BCUT2D eigenvalue weighted by atomic mass is 19.4. The van der Waals surface area contributed by atoms with Crippen LogP contribution in [0.1, 0.15) is 37.3 Å². The summed E-state index contributed by atoms with van der Waals surface area (Å²) in [6, 6.07) is 3.42. The Kier molecular flexibility index (Phi) is 4.77. The molecule has 122 valence electrons. The standard InChI is InChI=1S/C15H20F3N3O/c1-2-14(4-3-5-20-14)13(22)21-12-7-10(9-19)6-11(8-12)15(16,17)18/h6-8,20H,2-5,9,19H2,1H3,(H,21,22). The number of amides is 1. The highest BCUT2D eigenvalue weighted by Gasteiger charge is 2.39. The van der Waals surface area contributed by atoms with E-state index < -0.39 is 17.3 Å². The van der Waals surface area contributed by atoms with E-state index in [2.05, 4.69) is 10.6 Å². The lowest BCUT2D eigenvalue weighted by atomic mass is 9.93. The van der Waals surface area contributed by atoms with Crippen molar-refractivity contribution < 1.29 is 18.0 Å². The van der Waals surface area contributed by atoms with E-state index in [-0.39, 0.29) is 18.1 Å². The zero-order chi connectivity index (χ0) is 16.4. The third-order valence-electron chi connectivity index (χ3n) is 4.10. The molecule has 2 rings (SSSR count). The van der Waals surface area contributed by atoms with Crippen LogP contribution in [0.15, 0.2) is 18.2 Å². The summed E-state index contributed by atoms with van der Waals surface area (Å²) in [5.41, 5.74) is 4.39. The number of nitrogens with two attached hydrogens (primary N) is 1. The molecule has 4 N–H and O–H groups in total. The summed E-state index contributed by atoms with van der Waals surface area (Å²) >= 11 is 0. The molecule has 1 aromatic rings. The van der Waals surface area contributed by atoms with Crippen LogP contribution in [0.3, 0.4) is 0 Å².